The Morgan fingerprint density at radius 2 is 2.39 bits per heavy atom. The molecule has 1 atom stereocenters. The number of hydrogen-bond acceptors (Lipinski definition) is 3. The Morgan fingerprint density at radius 3 is 2.94 bits per heavy atom. The standard InChI is InChI=1S/C14H22N2O2/c1-3-16(10-12-6-4-5-8-15-12)14(17)13-11(2)7-9-18-13/h7,9,12,15H,3-6,8,10H2,1-2H3. The van der Waals surface area contributed by atoms with Gasteiger partial charge in [0.2, 0.25) is 0 Å². The number of amides is 1. The zero-order valence-corrected chi connectivity index (χ0v) is 11.2. The Bertz CT molecular complexity index is 394. The van der Waals surface area contributed by atoms with Gasteiger partial charge in [-0.3, -0.25) is 4.79 Å². The minimum absolute atomic E-state index is 0.00683. The highest BCUT2D eigenvalue weighted by Crippen LogP contribution is 2.14. The van der Waals surface area contributed by atoms with E-state index < -0.39 is 0 Å². The molecule has 1 N–H and O–H groups in total. The van der Waals surface area contributed by atoms with Crippen molar-refractivity contribution in [3.63, 3.8) is 0 Å². The molecular formula is C14H22N2O2. The first-order chi connectivity index (χ1) is 8.72. The molecule has 0 bridgehead atoms. The van der Waals surface area contributed by atoms with Crippen LogP contribution >= 0.6 is 0 Å². The summed E-state index contributed by atoms with van der Waals surface area (Å²) >= 11 is 0. The van der Waals surface area contributed by atoms with Gasteiger partial charge in [-0.2, -0.15) is 0 Å². The fourth-order valence-corrected chi connectivity index (χ4v) is 2.44. The van der Waals surface area contributed by atoms with Gasteiger partial charge < -0.3 is 14.6 Å². The van der Waals surface area contributed by atoms with Crippen LogP contribution in [-0.4, -0.2) is 36.5 Å². The van der Waals surface area contributed by atoms with Gasteiger partial charge >= 0.3 is 0 Å². The second-order valence-corrected chi connectivity index (χ2v) is 4.92. The van der Waals surface area contributed by atoms with Crippen molar-refractivity contribution in [3.05, 3.63) is 23.7 Å². The van der Waals surface area contributed by atoms with E-state index in [0.717, 1.165) is 31.6 Å². The molecule has 100 valence electrons. The fraction of sp³-hybridized carbons (Fsp3) is 0.643. The van der Waals surface area contributed by atoms with Crippen molar-refractivity contribution in [3.8, 4) is 0 Å². The number of likely N-dealkylation sites (N-methyl/N-ethyl adjacent to an activating group) is 1. The van der Waals surface area contributed by atoms with Gasteiger partial charge in [-0.05, 0) is 39.3 Å². The van der Waals surface area contributed by atoms with Crippen LogP contribution in [-0.2, 0) is 0 Å². The smallest absolute Gasteiger partial charge is 0.289 e. The third kappa shape index (κ3) is 2.93. The van der Waals surface area contributed by atoms with Crippen LogP contribution in [0.5, 0.6) is 0 Å². The van der Waals surface area contributed by atoms with Crippen LogP contribution < -0.4 is 5.32 Å². The summed E-state index contributed by atoms with van der Waals surface area (Å²) in [5, 5.41) is 3.47. The minimum Gasteiger partial charge on any atom is -0.459 e. The van der Waals surface area contributed by atoms with Crippen LogP contribution in [0.25, 0.3) is 0 Å². The Kier molecular flexibility index (Phi) is 4.42. The summed E-state index contributed by atoms with van der Waals surface area (Å²) in [6.07, 6.45) is 5.23. The highest BCUT2D eigenvalue weighted by Gasteiger charge is 2.23. The number of hydrogen-bond donors (Lipinski definition) is 1. The maximum Gasteiger partial charge on any atom is 0.289 e. The van der Waals surface area contributed by atoms with E-state index in [1.54, 1.807) is 6.26 Å². The molecule has 1 unspecified atom stereocenters. The van der Waals surface area contributed by atoms with E-state index in [1.165, 1.54) is 12.8 Å². The molecule has 1 amide bonds. The van der Waals surface area contributed by atoms with Gasteiger partial charge in [0.25, 0.3) is 5.91 Å². The highest BCUT2D eigenvalue weighted by molar-refractivity contribution is 5.92. The summed E-state index contributed by atoms with van der Waals surface area (Å²) in [5.41, 5.74) is 0.912. The first kappa shape index (κ1) is 13.1. The van der Waals surface area contributed by atoms with Crippen molar-refractivity contribution in [1.82, 2.24) is 10.2 Å². The molecule has 0 aromatic carbocycles. The van der Waals surface area contributed by atoms with E-state index in [-0.39, 0.29) is 5.91 Å². The lowest BCUT2D eigenvalue weighted by Crippen LogP contribution is -2.45. The Balaban J connectivity index is 1.99. The van der Waals surface area contributed by atoms with E-state index in [0.29, 0.717) is 11.8 Å². The van der Waals surface area contributed by atoms with Crippen LogP contribution in [0.1, 0.15) is 42.3 Å². The molecule has 0 radical (unpaired) electrons. The second-order valence-electron chi connectivity index (χ2n) is 4.92. The van der Waals surface area contributed by atoms with Gasteiger partial charge in [0.15, 0.2) is 5.76 Å². The van der Waals surface area contributed by atoms with E-state index in [9.17, 15) is 4.79 Å². The summed E-state index contributed by atoms with van der Waals surface area (Å²) < 4.78 is 5.29. The fourth-order valence-electron chi connectivity index (χ4n) is 2.44. The maximum absolute atomic E-state index is 12.3. The van der Waals surface area contributed by atoms with E-state index in [4.69, 9.17) is 4.42 Å². The Hall–Kier alpha value is -1.29. The molecule has 2 rings (SSSR count). The van der Waals surface area contributed by atoms with E-state index in [1.807, 2.05) is 24.8 Å². The van der Waals surface area contributed by atoms with Crippen LogP contribution in [0.2, 0.25) is 0 Å². The SMILES string of the molecule is CCN(CC1CCCCN1)C(=O)c1occc1C. The number of nitrogens with zero attached hydrogens (tertiary/aromatic N) is 1. The van der Waals surface area contributed by atoms with Crippen molar-refractivity contribution in [2.75, 3.05) is 19.6 Å². The third-order valence-electron chi connectivity index (χ3n) is 3.58. The largest absolute Gasteiger partial charge is 0.459 e. The van der Waals surface area contributed by atoms with Crippen LogP contribution in [0.3, 0.4) is 0 Å². The third-order valence-corrected chi connectivity index (χ3v) is 3.58. The lowest BCUT2D eigenvalue weighted by molar-refractivity contribution is 0.0708. The number of carbonyl (C=O) groups excluding carboxylic acids is 1. The van der Waals surface area contributed by atoms with Gasteiger partial charge in [-0.25, -0.2) is 0 Å². The number of piperidine rings is 1. The molecule has 1 aliphatic heterocycles. The normalized spacial score (nSPS) is 19.8. The van der Waals surface area contributed by atoms with Gasteiger partial charge in [0, 0.05) is 24.7 Å². The predicted octanol–water partition coefficient (Wildman–Crippen LogP) is 2.19. The molecule has 0 aliphatic carbocycles. The van der Waals surface area contributed by atoms with Crippen LogP contribution in [0.15, 0.2) is 16.7 Å². The van der Waals surface area contributed by atoms with Gasteiger partial charge in [0.05, 0.1) is 6.26 Å². The monoisotopic (exact) mass is 250 g/mol. The zero-order chi connectivity index (χ0) is 13.0. The van der Waals surface area contributed by atoms with Crippen molar-refractivity contribution in [2.45, 2.75) is 39.2 Å². The second kappa shape index (κ2) is 6.05. The van der Waals surface area contributed by atoms with Crippen molar-refractivity contribution in [1.29, 1.82) is 0 Å². The summed E-state index contributed by atoms with van der Waals surface area (Å²) in [4.78, 5) is 14.2. The summed E-state index contributed by atoms with van der Waals surface area (Å²) in [5.74, 6) is 0.486. The molecule has 18 heavy (non-hydrogen) atoms. The Labute approximate surface area is 108 Å². The number of rotatable bonds is 4. The molecule has 1 saturated heterocycles. The highest BCUT2D eigenvalue weighted by atomic mass is 16.3. The number of carbonyl (C=O) groups is 1. The van der Waals surface area contributed by atoms with Crippen LogP contribution in [0.4, 0.5) is 0 Å². The lowest BCUT2D eigenvalue weighted by atomic mass is 10.0. The van der Waals surface area contributed by atoms with Gasteiger partial charge in [0.1, 0.15) is 0 Å². The molecule has 2 heterocycles. The summed E-state index contributed by atoms with van der Waals surface area (Å²) in [6.45, 7) is 6.48. The molecular weight excluding hydrogens is 228 g/mol. The van der Waals surface area contributed by atoms with Crippen molar-refractivity contribution < 1.29 is 9.21 Å². The Morgan fingerprint density at radius 1 is 1.56 bits per heavy atom. The number of aryl methyl sites for hydroxylation is 1. The molecule has 1 fully saturated rings. The van der Waals surface area contributed by atoms with Crippen LogP contribution in [0, 0.1) is 6.92 Å². The predicted molar refractivity (Wildman–Crippen MR) is 70.7 cm³/mol. The molecule has 1 aliphatic rings. The van der Waals surface area contributed by atoms with E-state index in [2.05, 4.69) is 5.32 Å². The zero-order valence-electron chi connectivity index (χ0n) is 11.2. The molecule has 1 aromatic heterocycles. The summed E-state index contributed by atoms with van der Waals surface area (Å²) in [7, 11) is 0. The lowest BCUT2D eigenvalue weighted by Gasteiger charge is -2.29. The summed E-state index contributed by atoms with van der Waals surface area (Å²) in [6, 6.07) is 2.26. The average Bonchev–Trinajstić information content (AvgIpc) is 2.82. The molecule has 1 aromatic rings. The maximum atomic E-state index is 12.3. The minimum atomic E-state index is 0.00683. The van der Waals surface area contributed by atoms with Gasteiger partial charge in [-0.1, -0.05) is 6.42 Å². The topological polar surface area (TPSA) is 45.5 Å². The number of nitrogens with one attached hydrogen (secondary N) is 1. The molecule has 4 nitrogen and oxygen atoms in total. The van der Waals surface area contributed by atoms with Crippen molar-refractivity contribution in [2.24, 2.45) is 0 Å². The molecule has 0 saturated carbocycles. The first-order valence-corrected chi connectivity index (χ1v) is 6.79. The molecule has 4 heteroatoms. The van der Waals surface area contributed by atoms with E-state index >= 15 is 0 Å². The average molecular weight is 250 g/mol. The van der Waals surface area contributed by atoms with Gasteiger partial charge in [-0.15, -0.1) is 0 Å². The first-order valence-electron chi connectivity index (χ1n) is 6.79. The van der Waals surface area contributed by atoms with Crippen molar-refractivity contribution >= 4 is 5.91 Å². The quantitative estimate of drug-likeness (QED) is 0.891. The number of furan rings is 1. The molecule has 0 spiro atoms.